The molecule has 2 aromatic carbocycles. The van der Waals surface area contributed by atoms with Crippen LogP contribution in [0.2, 0.25) is 0 Å². The largest absolute Gasteiger partial charge is 0.507 e. The number of benzene rings is 2. The topological polar surface area (TPSA) is 88.5 Å². The number of carbonyl (C=O) groups is 2. The molecule has 1 fully saturated rings. The first-order chi connectivity index (χ1) is 18.1. The van der Waals surface area contributed by atoms with Gasteiger partial charge in [-0.25, -0.2) is 0 Å². The minimum atomic E-state index is -0.766. The van der Waals surface area contributed by atoms with Crippen molar-refractivity contribution in [3.05, 3.63) is 58.7 Å². The highest BCUT2D eigenvalue weighted by atomic mass is 16.5. The van der Waals surface area contributed by atoms with Crippen molar-refractivity contribution in [1.29, 1.82) is 0 Å². The molecule has 3 rings (SSSR count). The standard InChI is InChI=1S/C30H40N2O6/c1-8-37-24-13-10-21(17-25(24)36-7)27-26(29(34)30(35)32(27)15-9-14-31(5)6)28(33)23-12-11-22(16-20(23)4)38-18-19(2)3/h10-13,16-17,19,27,33H,8-9,14-15,18H2,1-7H3/b28-26+/t27-/m0/s1. The maximum Gasteiger partial charge on any atom is 0.295 e. The number of ether oxygens (including phenoxy) is 3. The number of aliphatic hydroxyl groups excluding tert-OH is 1. The summed E-state index contributed by atoms with van der Waals surface area (Å²) in [7, 11) is 5.46. The van der Waals surface area contributed by atoms with Gasteiger partial charge in [0.1, 0.15) is 11.5 Å². The van der Waals surface area contributed by atoms with E-state index >= 15 is 0 Å². The average Bonchev–Trinajstić information content (AvgIpc) is 3.12. The molecule has 206 valence electrons. The number of nitrogens with zero attached hydrogens (tertiary/aromatic N) is 2. The van der Waals surface area contributed by atoms with Gasteiger partial charge in [-0.2, -0.15) is 0 Å². The van der Waals surface area contributed by atoms with Crippen molar-refractivity contribution < 1.29 is 28.9 Å². The number of likely N-dealkylation sites (tertiary alicyclic amines) is 1. The van der Waals surface area contributed by atoms with E-state index in [0.717, 1.165) is 12.1 Å². The van der Waals surface area contributed by atoms with E-state index < -0.39 is 17.7 Å². The molecule has 1 atom stereocenters. The van der Waals surface area contributed by atoms with Crippen molar-refractivity contribution in [2.75, 3.05) is 47.5 Å². The number of Topliss-reactive ketones (excluding diaryl/α,β-unsaturated/α-hetero) is 1. The van der Waals surface area contributed by atoms with Crippen molar-refractivity contribution in [3.8, 4) is 17.2 Å². The Bertz CT molecular complexity index is 1190. The van der Waals surface area contributed by atoms with Crippen molar-refractivity contribution in [1.82, 2.24) is 9.80 Å². The summed E-state index contributed by atoms with van der Waals surface area (Å²) in [5.74, 6) is 0.580. The highest BCUT2D eigenvalue weighted by Crippen LogP contribution is 2.42. The molecule has 0 aromatic heterocycles. The number of aliphatic hydroxyl groups is 1. The number of carbonyl (C=O) groups excluding carboxylic acids is 2. The summed E-state index contributed by atoms with van der Waals surface area (Å²) < 4.78 is 17.0. The maximum atomic E-state index is 13.4. The van der Waals surface area contributed by atoms with Crippen molar-refractivity contribution in [2.45, 2.75) is 40.2 Å². The summed E-state index contributed by atoms with van der Waals surface area (Å²) in [5.41, 5.74) is 1.94. The number of methoxy groups -OCH3 is 1. The van der Waals surface area contributed by atoms with Gasteiger partial charge in [0.2, 0.25) is 0 Å². The highest BCUT2D eigenvalue weighted by molar-refractivity contribution is 6.46. The summed E-state index contributed by atoms with van der Waals surface area (Å²) in [6.45, 7) is 10.0. The number of aryl methyl sites for hydroxylation is 1. The van der Waals surface area contributed by atoms with Crippen LogP contribution < -0.4 is 14.2 Å². The van der Waals surface area contributed by atoms with Gasteiger partial charge >= 0.3 is 0 Å². The Hall–Kier alpha value is -3.52. The molecule has 1 aliphatic heterocycles. The van der Waals surface area contributed by atoms with E-state index in [2.05, 4.69) is 13.8 Å². The molecule has 0 unspecified atom stereocenters. The first-order valence-electron chi connectivity index (χ1n) is 13.1. The number of rotatable bonds is 12. The number of amides is 1. The molecule has 0 aliphatic carbocycles. The van der Waals surface area contributed by atoms with Crippen LogP contribution in [0.3, 0.4) is 0 Å². The smallest absolute Gasteiger partial charge is 0.295 e. The van der Waals surface area contributed by atoms with Gasteiger partial charge in [0.05, 0.1) is 31.9 Å². The molecule has 1 aliphatic rings. The summed E-state index contributed by atoms with van der Waals surface area (Å²) in [6.07, 6.45) is 0.672. The number of hydrogen-bond acceptors (Lipinski definition) is 7. The Morgan fingerprint density at radius 3 is 2.42 bits per heavy atom. The van der Waals surface area contributed by atoms with Crippen LogP contribution in [0.15, 0.2) is 42.0 Å². The van der Waals surface area contributed by atoms with Gasteiger partial charge < -0.3 is 29.1 Å². The van der Waals surface area contributed by atoms with E-state index in [1.165, 1.54) is 0 Å². The lowest BCUT2D eigenvalue weighted by Crippen LogP contribution is -2.32. The minimum absolute atomic E-state index is 0.0602. The van der Waals surface area contributed by atoms with E-state index in [1.54, 1.807) is 36.3 Å². The average molecular weight is 525 g/mol. The Labute approximate surface area is 225 Å². The second kappa shape index (κ2) is 12.8. The molecule has 1 N–H and O–H groups in total. The Morgan fingerprint density at radius 1 is 1.08 bits per heavy atom. The highest BCUT2D eigenvalue weighted by Gasteiger charge is 2.46. The van der Waals surface area contributed by atoms with Gasteiger partial charge in [-0.3, -0.25) is 9.59 Å². The predicted molar refractivity (Wildman–Crippen MR) is 148 cm³/mol. The molecular formula is C30H40N2O6. The third-order valence-corrected chi connectivity index (χ3v) is 6.38. The lowest BCUT2D eigenvalue weighted by atomic mass is 9.93. The molecule has 0 radical (unpaired) electrons. The van der Waals surface area contributed by atoms with Crippen LogP contribution in [0.5, 0.6) is 17.2 Å². The lowest BCUT2D eigenvalue weighted by molar-refractivity contribution is -0.139. The molecule has 0 spiro atoms. The normalized spacial score (nSPS) is 17.0. The van der Waals surface area contributed by atoms with E-state index in [0.29, 0.717) is 60.5 Å². The summed E-state index contributed by atoms with van der Waals surface area (Å²) in [4.78, 5) is 30.2. The second-order valence-electron chi connectivity index (χ2n) is 10.2. The van der Waals surface area contributed by atoms with Crippen LogP contribution in [0.1, 0.15) is 49.9 Å². The van der Waals surface area contributed by atoms with Crippen LogP contribution in [0.4, 0.5) is 0 Å². The minimum Gasteiger partial charge on any atom is -0.507 e. The van der Waals surface area contributed by atoms with Crippen LogP contribution in [-0.2, 0) is 9.59 Å². The molecule has 38 heavy (non-hydrogen) atoms. The van der Waals surface area contributed by atoms with Crippen LogP contribution >= 0.6 is 0 Å². The Morgan fingerprint density at radius 2 is 1.82 bits per heavy atom. The summed E-state index contributed by atoms with van der Waals surface area (Å²) in [5, 5.41) is 11.5. The van der Waals surface area contributed by atoms with E-state index in [4.69, 9.17) is 14.2 Å². The lowest BCUT2D eigenvalue weighted by Gasteiger charge is -2.26. The maximum absolute atomic E-state index is 13.4. The van der Waals surface area contributed by atoms with Gasteiger partial charge in [-0.15, -0.1) is 0 Å². The third-order valence-electron chi connectivity index (χ3n) is 6.38. The first kappa shape index (κ1) is 29.0. The van der Waals surface area contributed by atoms with E-state index in [-0.39, 0.29) is 11.3 Å². The number of ketones is 1. The van der Waals surface area contributed by atoms with Crippen LogP contribution in [0.25, 0.3) is 5.76 Å². The van der Waals surface area contributed by atoms with Crippen molar-refractivity contribution in [2.24, 2.45) is 5.92 Å². The fraction of sp³-hybridized carbons (Fsp3) is 0.467. The zero-order valence-corrected chi connectivity index (χ0v) is 23.5. The van der Waals surface area contributed by atoms with Crippen molar-refractivity contribution in [3.63, 3.8) is 0 Å². The van der Waals surface area contributed by atoms with Gasteiger partial charge in [0.15, 0.2) is 11.5 Å². The zero-order chi connectivity index (χ0) is 28.0. The quantitative estimate of drug-likeness (QED) is 0.242. The summed E-state index contributed by atoms with van der Waals surface area (Å²) >= 11 is 0. The fourth-order valence-electron chi connectivity index (χ4n) is 4.54. The van der Waals surface area contributed by atoms with Crippen LogP contribution in [0, 0.1) is 12.8 Å². The SMILES string of the molecule is CCOc1ccc([C@H]2/C(=C(\O)c3ccc(OCC(C)C)cc3C)C(=O)C(=O)N2CCCN(C)C)cc1OC. The Kier molecular flexibility index (Phi) is 9.80. The van der Waals surface area contributed by atoms with Gasteiger partial charge in [-0.05, 0) is 88.3 Å². The molecule has 0 saturated carbocycles. The van der Waals surface area contributed by atoms with Crippen LogP contribution in [-0.4, -0.2) is 74.1 Å². The third kappa shape index (κ3) is 6.48. The predicted octanol–water partition coefficient (Wildman–Crippen LogP) is 4.81. The van der Waals surface area contributed by atoms with Gasteiger partial charge in [-0.1, -0.05) is 19.9 Å². The molecular weight excluding hydrogens is 484 g/mol. The first-order valence-corrected chi connectivity index (χ1v) is 13.1. The molecule has 1 saturated heterocycles. The van der Waals surface area contributed by atoms with Gasteiger partial charge in [0, 0.05) is 12.1 Å². The molecule has 0 bridgehead atoms. The summed E-state index contributed by atoms with van der Waals surface area (Å²) in [6, 6.07) is 9.92. The monoisotopic (exact) mass is 524 g/mol. The fourth-order valence-corrected chi connectivity index (χ4v) is 4.54. The van der Waals surface area contributed by atoms with Gasteiger partial charge in [0.25, 0.3) is 11.7 Å². The molecule has 1 amide bonds. The molecule has 8 nitrogen and oxygen atoms in total. The van der Waals surface area contributed by atoms with E-state index in [1.807, 2.05) is 45.0 Å². The second-order valence-corrected chi connectivity index (χ2v) is 10.2. The molecule has 2 aromatic rings. The molecule has 1 heterocycles. The Balaban J connectivity index is 2.11. The number of hydrogen-bond donors (Lipinski definition) is 1. The zero-order valence-electron chi connectivity index (χ0n) is 23.5. The van der Waals surface area contributed by atoms with Crippen molar-refractivity contribution >= 4 is 17.4 Å². The van der Waals surface area contributed by atoms with E-state index in [9.17, 15) is 14.7 Å². The molecule has 8 heteroatoms.